The normalized spacial score (nSPS) is 15.9. The number of hydrogen-bond donors (Lipinski definition) is 0. The Kier molecular flexibility index (Phi) is 7.05. The molecule has 1 fully saturated rings. The standard InChI is InChI=1S/C19H20ClFN2O4S2/c20-18-8-7-17(28-18)16(24)6-9-19(25)22-10-1-11-23(13-12-22)29(26,27)15-4-2-14(21)3-5-15/h2-5,7-8H,1,6,9-13H2. The molecule has 10 heteroatoms. The third-order valence-electron chi connectivity index (χ3n) is 4.67. The highest BCUT2D eigenvalue weighted by molar-refractivity contribution is 7.89. The SMILES string of the molecule is O=C(CCC(=O)N1CCCN(S(=O)(=O)c2ccc(F)cc2)CC1)c1ccc(Cl)s1. The molecule has 156 valence electrons. The molecule has 0 radical (unpaired) electrons. The molecule has 0 bridgehead atoms. The minimum atomic E-state index is -3.75. The van der Waals surface area contributed by atoms with Crippen molar-refractivity contribution in [1.82, 2.24) is 9.21 Å². The first-order chi connectivity index (χ1) is 13.8. The molecule has 2 aromatic rings. The van der Waals surface area contributed by atoms with Gasteiger partial charge in [-0.25, -0.2) is 12.8 Å². The van der Waals surface area contributed by atoms with E-state index >= 15 is 0 Å². The number of benzene rings is 1. The van der Waals surface area contributed by atoms with E-state index in [2.05, 4.69) is 0 Å². The molecule has 1 aliphatic heterocycles. The van der Waals surface area contributed by atoms with Crippen molar-refractivity contribution in [2.45, 2.75) is 24.2 Å². The van der Waals surface area contributed by atoms with Gasteiger partial charge < -0.3 is 4.90 Å². The average Bonchev–Trinajstić information content (AvgIpc) is 2.97. The summed E-state index contributed by atoms with van der Waals surface area (Å²) in [4.78, 5) is 26.8. The van der Waals surface area contributed by atoms with Crippen molar-refractivity contribution < 1.29 is 22.4 Å². The van der Waals surface area contributed by atoms with Gasteiger partial charge in [0.1, 0.15) is 5.82 Å². The molecular weight excluding hydrogens is 439 g/mol. The van der Waals surface area contributed by atoms with E-state index in [-0.39, 0.29) is 49.1 Å². The van der Waals surface area contributed by atoms with Crippen LogP contribution in [0.2, 0.25) is 4.34 Å². The molecule has 1 amide bonds. The number of nitrogens with zero attached hydrogens (tertiary/aromatic N) is 2. The van der Waals surface area contributed by atoms with Crippen LogP contribution in [-0.4, -0.2) is 55.5 Å². The maximum absolute atomic E-state index is 13.1. The zero-order valence-corrected chi connectivity index (χ0v) is 17.9. The average molecular weight is 459 g/mol. The number of amides is 1. The van der Waals surface area contributed by atoms with Crippen LogP contribution in [-0.2, 0) is 14.8 Å². The molecule has 0 aliphatic carbocycles. The van der Waals surface area contributed by atoms with Crippen molar-refractivity contribution in [3.05, 3.63) is 51.4 Å². The molecule has 0 unspecified atom stereocenters. The Hall–Kier alpha value is -1.81. The van der Waals surface area contributed by atoms with E-state index in [1.807, 2.05) is 0 Å². The zero-order chi connectivity index (χ0) is 21.0. The predicted molar refractivity (Wildman–Crippen MR) is 109 cm³/mol. The van der Waals surface area contributed by atoms with E-state index in [4.69, 9.17) is 11.6 Å². The Morgan fingerprint density at radius 2 is 1.72 bits per heavy atom. The van der Waals surface area contributed by atoms with Crippen LogP contribution in [0.3, 0.4) is 0 Å². The predicted octanol–water partition coefficient (Wildman–Crippen LogP) is 3.43. The van der Waals surface area contributed by atoms with Crippen molar-refractivity contribution in [2.75, 3.05) is 26.2 Å². The largest absolute Gasteiger partial charge is 0.341 e. The van der Waals surface area contributed by atoms with Gasteiger partial charge in [0.15, 0.2) is 5.78 Å². The van der Waals surface area contributed by atoms with Gasteiger partial charge in [-0.2, -0.15) is 4.31 Å². The van der Waals surface area contributed by atoms with Crippen LogP contribution < -0.4 is 0 Å². The molecule has 1 aromatic carbocycles. The lowest BCUT2D eigenvalue weighted by atomic mass is 10.2. The van der Waals surface area contributed by atoms with E-state index in [1.165, 1.54) is 27.8 Å². The van der Waals surface area contributed by atoms with E-state index in [1.54, 1.807) is 17.0 Å². The third-order valence-corrected chi connectivity index (χ3v) is 7.86. The number of Topliss-reactive ketones (excluding diaryl/α,β-unsaturated/α-hetero) is 1. The second-order valence-corrected chi connectivity index (χ2v) is 10.3. The first-order valence-corrected chi connectivity index (χ1v) is 11.7. The smallest absolute Gasteiger partial charge is 0.243 e. The monoisotopic (exact) mass is 458 g/mol. The minimum Gasteiger partial charge on any atom is -0.341 e. The van der Waals surface area contributed by atoms with E-state index in [0.29, 0.717) is 22.2 Å². The van der Waals surface area contributed by atoms with Gasteiger partial charge in [0.2, 0.25) is 15.9 Å². The summed E-state index contributed by atoms with van der Waals surface area (Å²) in [5.41, 5.74) is 0. The van der Waals surface area contributed by atoms with Crippen LogP contribution in [0, 0.1) is 5.82 Å². The lowest BCUT2D eigenvalue weighted by Crippen LogP contribution is -2.37. The fourth-order valence-electron chi connectivity index (χ4n) is 3.11. The number of sulfonamides is 1. The molecule has 2 heterocycles. The maximum atomic E-state index is 13.1. The fraction of sp³-hybridized carbons (Fsp3) is 0.368. The quantitative estimate of drug-likeness (QED) is 0.621. The van der Waals surface area contributed by atoms with E-state index < -0.39 is 15.8 Å². The van der Waals surface area contributed by atoms with Crippen molar-refractivity contribution in [3.63, 3.8) is 0 Å². The van der Waals surface area contributed by atoms with Gasteiger partial charge in [-0.3, -0.25) is 9.59 Å². The minimum absolute atomic E-state index is 0.0267. The highest BCUT2D eigenvalue weighted by Gasteiger charge is 2.28. The van der Waals surface area contributed by atoms with Crippen LogP contribution in [0.1, 0.15) is 28.9 Å². The zero-order valence-electron chi connectivity index (χ0n) is 15.5. The first kappa shape index (κ1) is 21.9. The molecule has 3 rings (SSSR count). The van der Waals surface area contributed by atoms with Gasteiger partial charge in [0, 0.05) is 39.0 Å². The van der Waals surface area contributed by atoms with E-state index in [9.17, 15) is 22.4 Å². The Balaban J connectivity index is 1.57. The second-order valence-electron chi connectivity index (χ2n) is 6.62. The van der Waals surface area contributed by atoms with Gasteiger partial charge in [0.25, 0.3) is 0 Å². The third kappa shape index (κ3) is 5.42. The molecule has 1 aliphatic rings. The number of hydrogen-bond acceptors (Lipinski definition) is 5. The highest BCUT2D eigenvalue weighted by atomic mass is 35.5. The van der Waals surface area contributed by atoms with Crippen LogP contribution in [0.4, 0.5) is 4.39 Å². The second kappa shape index (κ2) is 9.34. The maximum Gasteiger partial charge on any atom is 0.243 e. The molecule has 1 aromatic heterocycles. The summed E-state index contributed by atoms with van der Waals surface area (Å²) in [6.45, 7) is 1.10. The lowest BCUT2D eigenvalue weighted by molar-refractivity contribution is -0.131. The van der Waals surface area contributed by atoms with Crippen molar-refractivity contribution in [3.8, 4) is 0 Å². The molecule has 29 heavy (non-hydrogen) atoms. The van der Waals surface area contributed by atoms with Crippen LogP contribution in [0.5, 0.6) is 0 Å². The molecule has 1 saturated heterocycles. The summed E-state index contributed by atoms with van der Waals surface area (Å²) in [7, 11) is -3.75. The van der Waals surface area contributed by atoms with Crippen molar-refractivity contribution in [1.29, 1.82) is 0 Å². The Bertz CT molecular complexity index is 992. The summed E-state index contributed by atoms with van der Waals surface area (Å²) in [6.07, 6.45) is 0.642. The van der Waals surface area contributed by atoms with Crippen LogP contribution in [0.25, 0.3) is 0 Å². The first-order valence-electron chi connectivity index (χ1n) is 9.09. The summed E-state index contributed by atoms with van der Waals surface area (Å²) < 4.78 is 40.4. The number of carbonyl (C=O) groups excluding carboxylic acids is 2. The Labute approximate surface area is 177 Å². The van der Waals surface area contributed by atoms with Gasteiger partial charge in [-0.1, -0.05) is 11.6 Å². The van der Waals surface area contributed by atoms with Gasteiger partial charge >= 0.3 is 0 Å². The van der Waals surface area contributed by atoms with Gasteiger partial charge in [-0.15, -0.1) is 11.3 Å². The summed E-state index contributed by atoms with van der Waals surface area (Å²) in [5, 5.41) is 0. The Morgan fingerprint density at radius 1 is 1.00 bits per heavy atom. The van der Waals surface area contributed by atoms with Gasteiger partial charge in [-0.05, 0) is 42.8 Å². The topological polar surface area (TPSA) is 74.8 Å². The summed E-state index contributed by atoms with van der Waals surface area (Å²) in [5.74, 6) is -0.816. The van der Waals surface area contributed by atoms with Crippen LogP contribution in [0.15, 0.2) is 41.3 Å². The van der Waals surface area contributed by atoms with Crippen molar-refractivity contribution in [2.24, 2.45) is 0 Å². The number of carbonyl (C=O) groups is 2. The summed E-state index contributed by atoms with van der Waals surface area (Å²) >= 11 is 7.01. The van der Waals surface area contributed by atoms with E-state index in [0.717, 1.165) is 12.1 Å². The molecule has 6 nitrogen and oxygen atoms in total. The summed E-state index contributed by atoms with van der Waals surface area (Å²) in [6, 6.07) is 7.98. The molecule has 0 spiro atoms. The number of rotatable bonds is 6. The fourth-order valence-corrected chi connectivity index (χ4v) is 5.59. The molecule has 0 atom stereocenters. The number of thiophene rings is 1. The number of halogens is 2. The molecular formula is C19H20ClFN2O4S2. The number of ketones is 1. The lowest BCUT2D eigenvalue weighted by Gasteiger charge is -2.22. The van der Waals surface area contributed by atoms with Crippen molar-refractivity contribution >= 4 is 44.7 Å². The molecule has 0 N–H and O–H groups in total. The van der Waals surface area contributed by atoms with Gasteiger partial charge in [0.05, 0.1) is 14.1 Å². The molecule has 0 saturated carbocycles. The highest BCUT2D eigenvalue weighted by Crippen LogP contribution is 2.23. The Morgan fingerprint density at radius 3 is 2.38 bits per heavy atom. The van der Waals surface area contributed by atoms with Crippen LogP contribution >= 0.6 is 22.9 Å².